The number of hydrogen-bond acceptors (Lipinski definition) is 2. The van der Waals surface area contributed by atoms with Gasteiger partial charge in [0.15, 0.2) is 0 Å². The third-order valence-electron chi connectivity index (χ3n) is 0.557. The second-order valence-electron chi connectivity index (χ2n) is 0.981. The Morgan fingerprint density at radius 3 is 2.33 bits per heavy atom. The van der Waals surface area contributed by atoms with Gasteiger partial charge in [0.05, 0.1) is 0 Å². The van der Waals surface area contributed by atoms with E-state index in [-0.39, 0.29) is 0 Å². The molecule has 2 heteroatoms. The molecule has 0 radical (unpaired) electrons. The summed E-state index contributed by atoms with van der Waals surface area (Å²) in [5.74, 6) is 0. The molecule has 0 aliphatic heterocycles. The predicted molar refractivity (Wildman–Crippen MR) is 31.5 cm³/mol. The zero-order valence-corrected chi connectivity index (χ0v) is 4.88. The summed E-state index contributed by atoms with van der Waals surface area (Å²) in [6.07, 6.45) is 3.60. The summed E-state index contributed by atoms with van der Waals surface area (Å²) in [6, 6.07) is 0. The van der Waals surface area contributed by atoms with Crippen molar-refractivity contribution >= 4 is 11.8 Å². The lowest BCUT2D eigenvalue weighted by molar-refractivity contribution is 1.52. The van der Waals surface area contributed by atoms with E-state index in [1.54, 1.807) is 18.0 Å². The number of rotatable bonds is 1. The van der Waals surface area contributed by atoms with E-state index in [1.165, 1.54) is 0 Å². The minimum absolute atomic E-state index is 1.16. The van der Waals surface area contributed by atoms with Crippen molar-refractivity contribution in [3.05, 3.63) is 11.1 Å². The molecule has 0 aromatic rings. The van der Waals surface area contributed by atoms with Crippen molar-refractivity contribution in [2.75, 3.05) is 6.26 Å². The van der Waals surface area contributed by atoms with E-state index in [9.17, 15) is 0 Å². The van der Waals surface area contributed by atoms with E-state index < -0.39 is 0 Å². The van der Waals surface area contributed by atoms with Crippen LogP contribution in [0.5, 0.6) is 0 Å². The minimum Gasteiger partial charge on any atom is -0.404 e. The van der Waals surface area contributed by atoms with Gasteiger partial charge in [0.2, 0.25) is 0 Å². The van der Waals surface area contributed by atoms with Crippen LogP contribution < -0.4 is 5.73 Å². The molecule has 1 nitrogen and oxygen atoms in total. The van der Waals surface area contributed by atoms with Crippen LogP contribution in [0, 0.1) is 0 Å². The topological polar surface area (TPSA) is 26.0 Å². The van der Waals surface area contributed by atoms with Crippen LogP contribution in [-0.4, -0.2) is 6.26 Å². The lowest BCUT2D eigenvalue weighted by Gasteiger charge is -1.84. The monoisotopic (exact) mass is 103 g/mol. The van der Waals surface area contributed by atoms with Gasteiger partial charge in [-0.25, -0.2) is 0 Å². The normalized spacial score (nSPS) is 12.0. The Morgan fingerprint density at radius 1 is 1.83 bits per heavy atom. The first-order valence-corrected chi connectivity index (χ1v) is 2.96. The quantitative estimate of drug-likeness (QED) is 0.539. The Balaban J connectivity index is 3.22. The van der Waals surface area contributed by atoms with Gasteiger partial charge in [0.25, 0.3) is 0 Å². The zero-order valence-electron chi connectivity index (χ0n) is 4.06. The molecule has 0 aliphatic carbocycles. The highest BCUT2D eigenvalue weighted by atomic mass is 32.2. The highest BCUT2D eigenvalue weighted by molar-refractivity contribution is 8.02. The molecule has 0 rings (SSSR count). The lowest BCUT2D eigenvalue weighted by atomic mass is 10.7. The fraction of sp³-hybridized carbons (Fsp3) is 0.500. The maximum atomic E-state index is 5.10. The van der Waals surface area contributed by atoms with Crippen LogP contribution in [0.1, 0.15) is 6.92 Å². The maximum absolute atomic E-state index is 5.10. The summed E-state index contributed by atoms with van der Waals surface area (Å²) >= 11 is 1.66. The third kappa shape index (κ3) is 2.15. The first-order chi connectivity index (χ1) is 2.81. The van der Waals surface area contributed by atoms with Crippen molar-refractivity contribution in [3.8, 4) is 0 Å². The van der Waals surface area contributed by atoms with Crippen molar-refractivity contribution in [1.29, 1.82) is 0 Å². The number of nitrogens with two attached hydrogens (primary N) is 1. The van der Waals surface area contributed by atoms with Gasteiger partial charge in [-0.05, 0) is 18.1 Å². The van der Waals surface area contributed by atoms with Gasteiger partial charge in [-0.3, -0.25) is 0 Å². The molecule has 0 atom stereocenters. The number of thioether (sulfide) groups is 1. The van der Waals surface area contributed by atoms with Gasteiger partial charge >= 0.3 is 0 Å². The molecule has 0 saturated carbocycles. The largest absolute Gasteiger partial charge is 0.404 e. The molecule has 0 bridgehead atoms. The second kappa shape index (κ2) is 3.09. The molecule has 0 aromatic heterocycles. The molecule has 6 heavy (non-hydrogen) atoms. The standard InChI is InChI=1S/C4H9NS/c1-4(3-5)6-2/h3H,5H2,1-2H3/b4-3-. The van der Waals surface area contributed by atoms with Crippen molar-refractivity contribution in [2.24, 2.45) is 5.73 Å². The molecule has 36 valence electrons. The molecular formula is C4H9NS. The van der Waals surface area contributed by atoms with E-state index in [2.05, 4.69) is 0 Å². The van der Waals surface area contributed by atoms with Gasteiger partial charge in [0.1, 0.15) is 0 Å². The SMILES string of the molecule is CS/C(C)=C\N. The number of allylic oxidation sites excluding steroid dienone is 1. The van der Waals surface area contributed by atoms with E-state index in [0.717, 1.165) is 4.91 Å². The van der Waals surface area contributed by atoms with Crippen LogP contribution in [0.3, 0.4) is 0 Å². The molecule has 0 aromatic carbocycles. The summed E-state index contributed by atoms with van der Waals surface area (Å²) in [6.45, 7) is 1.98. The Hall–Kier alpha value is -0.110. The highest BCUT2D eigenvalue weighted by Gasteiger charge is 1.74. The third-order valence-corrected chi connectivity index (χ3v) is 1.34. The molecule has 0 fully saturated rings. The molecule has 0 unspecified atom stereocenters. The van der Waals surface area contributed by atoms with Crippen LogP contribution in [-0.2, 0) is 0 Å². The molecule has 0 amide bonds. The van der Waals surface area contributed by atoms with Crippen LogP contribution in [0.4, 0.5) is 0 Å². The summed E-state index contributed by atoms with van der Waals surface area (Å²) < 4.78 is 0. The van der Waals surface area contributed by atoms with Gasteiger partial charge in [-0.15, -0.1) is 11.8 Å². The van der Waals surface area contributed by atoms with Gasteiger partial charge < -0.3 is 5.73 Å². The zero-order chi connectivity index (χ0) is 4.99. The molecule has 2 N–H and O–H groups in total. The molecular weight excluding hydrogens is 94.1 g/mol. The molecule has 0 saturated heterocycles. The van der Waals surface area contributed by atoms with Crippen molar-refractivity contribution < 1.29 is 0 Å². The van der Waals surface area contributed by atoms with Gasteiger partial charge in [-0.2, -0.15) is 0 Å². The fourth-order valence-corrected chi connectivity index (χ4v) is 0.204. The van der Waals surface area contributed by atoms with E-state index in [4.69, 9.17) is 5.73 Å². The average Bonchev–Trinajstić information content (AvgIpc) is 1.65. The first-order valence-electron chi connectivity index (χ1n) is 1.73. The number of hydrogen-bond donors (Lipinski definition) is 1. The Kier molecular flexibility index (Phi) is 3.04. The average molecular weight is 103 g/mol. The maximum Gasteiger partial charge on any atom is 0.00316 e. The summed E-state index contributed by atoms with van der Waals surface area (Å²) in [7, 11) is 0. The first kappa shape index (κ1) is 5.89. The molecule has 0 spiro atoms. The van der Waals surface area contributed by atoms with E-state index in [0.29, 0.717) is 0 Å². The molecule has 0 aliphatic rings. The van der Waals surface area contributed by atoms with Crippen LogP contribution in [0.25, 0.3) is 0 Å². The van der Waals surface area contributed by atoms with E-state index in [1.807, 2.05) is 13.2 Å². The van der Waals surface area contributed by atoms with Crippen LogP contribution >= 0.6 is 11.8 Å². The van der Waals surface area contributed by atoms with Gasteiger partial charge in [-0.1, -0.05) is 0 Å². The Morgan fingerprint density at radius 2 is 2.33 bits per heavy atom. The van der Waals surface area contributed by atoms with Crippen LogP contribution in [0.2, 0.25) is 0 Å². The second-order valence-corrected chi connectivity index (χ2v) is 2.03. The highest BCUT2D eigenvalue weighted by Crippen LogP contribution is 2.05. The molecule has 0 heterocycles. The summed E-state index contributed by atoms with van der Waals surface area (Å²) in [4.78, 5) is 1.16. The Bertz CT molecular complexity index is 58.6. The smallest absolute Gasteiger partial charge is 0.00316 e. The van der Waals surface area contributed by atoms with Gasteiger partial charge in [0, 0.05) is 6.20 Å². The fourth-order valence-electron chi connectivity index (χ4n) is 0.0680. The van der Waals surface area contributed by atoms with Crippen molar-refractivity contribution in [3.63, 3.8) is 0 Å². The lowest BCUT2D eigenvalue weighted by Crippen LogP contribution is -1.77. The van der Waals surface area contributed by atoms with Crippen LogP contribution in [0.15, 0.2) is 11.1 Å². The Labute approximate surface area is 42.6 Å². The summed E-state index contributed by atoms with van der Waals surface area (Å²) in [5.41, 5.74) is 5.10. The van der Waals surface area contributed by atoms with E-state index >= 15 is 0 Å². The predicted octanol–water partition coefficient (Wildman–Crippen LogP) is 1.17. The summed E-state index contributed by atoms with van der Waals surface area (Å²) in [5, 5.41) is 0. The van der Waals surface area contributed by atoms with Crippen molar-refractivity contribution in [1.82, 2.24) is 0 Å². The minimum atomic E-state index is 1.16. The van der Waals surface area contributed by atoms with Crippen molar-refractivity contribution in [2.45, 2.75) is 6.92 Å².